The molecule has 0 saturated heterocycles. The molecule has 0 aromatic carbocycles. The van der Waals surface area contributed by atoms with E-state index in [4.69, 9.17) is 11.6 Å². The van der Waals surface area contributed by atoms with Crippen LogP contribution in [0, 0.1) is 5.92 Å². The van der Waals surface area contributed by atoms with E-state index in [1.54, 1.807) is 30.8 Å². The molecule has 166 valence electrons. The Hall–Kier alpha value is -2.95. The summed E-state index contributed by atoms with van der Waals surface area (Å²) < 4.78 is 56.7. The van der Waals surface area contributed by atoms with Gasteiger partial charge in [0.1, 0.15) is 10.8 Å². The Morgan fingerprint density at radius 2 is 2.06 bits per heavy atom. The van der Waals surface area contributed by atoms with Gasteiger partial charge in [0.2, 0.25) is 11.8 Å². The summed E-state index contributed by atoms with van der Waals surface area (Å²) in [5.74, 6) is -4.71. The highest BCUT2D eigenvalue weighted by Gasteiger charge is 2.42. The van der Waals surface area contributed by atoms with E-state index in [1.807, 2.05) is 0 Å². The van der Waals surface area contributed by atoms with Gasteiger partial charge in [-0.1, -0.05) is 25.4 Å². The normalized spacial score (nSPS) is 12.0. The number of fused-ring (bicyclic) bond motifs is 1. The Bertz CT molecular complexity index is 1090. The smallest absolute Gasteiger partial charge is 0.340 e. The zero-order chi connectivity index (χ0) is 22.8. The van der Waals surface area contributed by atoms with Crippen LogP contribution in [-0.4, -0.2) is 44.6 Å². The zero-order valence-corrected chi connectivity index (χ0v) is 17.2. The molecule has 0 saturated carbocycles. The second-order valence-corrected chi connectivity index (χ2v) is 7.45. The summed E-state index contributed by atoms with van der Waals surface area (Å²) in [6.45, 7) is 2.20. The Kier molecular flexibility index (Phi) is 6.63. The second-order valence-electron chi connectivity index (χ2n) is 7.04. The van der Waals surface area contributed by atoms with Gasteiger partial charge in [0.15, 0.2) is 6.61 Å². The van der Waals surface area contributed by atoms with Crippen molar-refractivity contribution in [1.82, 2.24) is 19.7 Å². The van der Waals surface area contributed by atoms with Crippen LogP contribution in [0.1, 0.15) is 19.4 Å². The number of nitrogens with zero attached hydrogens (tertiary/aromatic N) is 4. The molecule has 0 radical (unpaired) electrons. The van der Waals surface area contributed by atoms with Gasteiger partial charge in [-0.25, -0.2) is 18.7 Å². The summed E-state index contributed by atoms with van der Waals surface area (Å²) >= 11 is 5.99. The van der Waals surface area contributed by atoms with Gasteiger partial charge in [0, 0.05) is 24.5 Å². The lowest BCUT2D eigenvalue weighted by Crippen LogP contribution is -2.34. The van der Waals surface area contributed by atoms with Gasteiger partial charge in [-0.05, 0) is 17.7 Å². The van der Waals surface area contributed by atoms with E-state index in [2.05, 4.69) is 25.1 Å². The third-order valence-electron chi connectivity index (χ3n) is 4.18. The fourth-order valence-corrected chi connectivity index (χ4v) is 2.75. The lowest BCUT2D eigenvalue weighted by Gasteiger charge is -2.16. The predicted octanol–water partition coefficient (Wildman–Crippen LogP) is 4.40. The average Bonchev–Trinajstić information content (AvgIpc) is 3.10. The number of amides is 1. The van der Waals surface area contributed by atoms with Gasteiger partial charge in [-0.15, -0.1) is 0 Å². The highest BCUT2D eigenvalue weighted by Crippen LogP contribution is 2.28. The second kappa shape index (κ2) is 9.04. The molecule has 0 atom stereocenters. The van der Waals surface area contributed by atoms with E-state index in [0.717, 1.165) is 0 Å². The van der Waals surface area contributed by atoms with E-state index in [1.165, 1.54) is 18.5 Å². The summed E-state index contributed by atoms with van der Waals surface area (Å²) in [6, 6.07) is 3.10. The van der Waals surface area contributed by atoms with Gasteiger partial charge < -0.3 is 10.1 Å². The maximum absolute atomic E-state index is 13.0. The molecule has 3 rings (SSSR count). The molecule has 0 aliphatic heterocycles. The highest BCUT2D eigenvalue weighted by atomic mass is 35.5. The van der Waals surface area contributed by atoms with Gasteiger partial charge in [-0.2, -0.15) is 13.9 Å². The molecule has 0 aliphatic carbocycles. The number of halogens is 5. The minimum absolute atomic E-state index is 0.106. The van der Waals surface area contributed by atoms with Crippen molar-refractivity contribution in [2.45, 2.75) is 32.7 Å². The molecule has 31 heavy (non-hydrogen) atoms. The molecule has 0 unspecified atom stereocenters. The molecular formula is C19H18ClF4N5O2. The van der Waals surface area contributed by atoms with Crippen molar-refractivity contribution in [2.75, 3.05) is 11.9 Å². The molecule has 1 N–H and O–H groups in total. The molecule has 0 spiro atoms. The highest BCUT2D eigenvalue weighted by molar-refractivity contribution is 6.31. The number of carbonyl (C=O) groups excluding carboxylic acids is 1. The van der Waals surface area contributed by atoms with Crippen molar-refractivity contribution in [2.24, 2.45) is 5.92 Å². The maximum Gasteiger partial charge on any atom is 0.340 e. The van der Waals surface area contributed by atoms with E-state index in [-0.39, 0.29) is 29.3 Å². The summed E-state index contributed by atoms with van der Waals surface area (Å²) in [7, 11) is 0. The van der Waals surface area contributed by atoms with Gasteiger partial charge >= 0.3 is 12.3 Å². The van der Waals surface area contributed by atoms with Crippen LogP contribution in [0.15, 0.2) is 30.7 Å². The Morgan fingerprint density at radius 1 is 1.32 bits per heavy atom. The minimum Gasteiger partial charge on any atom is -0.470 e. The molecule has 0 bridgehead atoms. The van der Waals surface area contributed by atoms with E-state index >= 15 is 0 Å². The molecule has 7 nitrogen and oxygen atoms in total. The van der Waals surface area contributed by atoms with Crippen LogP contribution < -0.4 is 10.1 Å². The maximum atomic E-state index is 13.0. The van der Waals surface area contributed by atoms with Crippen LogP contribution in [-0.2, 0) is 11.3 Å². The number of nitrogens with one attached hydrogen (secondary N) is 1. The Balaban J connectivity index is 1.75. The summed E-state index contributed by atoms with van der Waals surface area (Å²) in [6.07, 6.45) is 0.660. The first kappa shape index (κ1) is 22.7. The van der Waals surface area contributed by atoms with Crippen LogP contribution in [0.2, 0.25) is 5.02 Å². The van der Waals surface area contributed by atoms with Crippen LogP contribution >= 0.6 is 11.6 Å². The predicted molar refractivity (Wildman–Crippen MR) is 106 cm³/mol. The monoisotopic (exact) mass is 459 g/mol. The standard InChI is InChI=1S/C19H18ClF4N5O2/c1-10(2)16(30)27-15-12-8-29(28-14(12)3-4-25-15)7-11-5-13(20)17(26-6-11)31-9-19(23,24)18(21)22/h3-6,8,10,18H,7,9H2,1-2H3,(H,25,27,30). The van der Waals surface area contributed by atoms with Crippen LogP contribution in [0.4, 0.5) is 23.4 Å². The molecule has 0 fully saturated rings. The number of aromatic nitrogens is 4. The summed E-state index contributed by atoms with van der Waals surface area (Å²) in [5, 5.41) is 7.67. The van der Waals surface area contributed by atoms with Crippen molar-refractivity contribution >= 4 is 34.2 Å². The number of pyridine rings is 2. The van der Waals surface area contributed by atoms with Gasteiger partial charge in [0.25, 0.3) is 0 Å². The first-order valence-corrected chi connectivity index (χ1v) is 9.51. The van der Waals surface area contributed by atoms with Crippen molar-refractivity contribution < 1.29 is 27.1 Å². The van der Waals surface area contributed by atoms with E-state index in [0.29, 0.717) is 22.3 Å². The molecule has 0 aliphatic rings. The zero-order valence-electron chi connectivity index (χ0n) is 16.5. The Labute approximate surface area is 179 Å². The third-order valence-corrected chi connectivity index (χ3v) is 4.45. The minimum atomic E-state index is -4.31. The molecule has 3 aromatic heterocycles. The van der Waals surface area contributed by atoms with E-state index in [9.17, 15) is 22.4 Å². The SMILES string of the molecule is CC(C)C(=O)Nc1nccc2nn(Cc3cnc(OCC(F)(F)C(F)F)c(Cl)c3)cc12. The third kappa shape index (κ3) is 5.40. The van der Waals surface area contributed by atoms with Crippen molar-refractivity contribution in [3.63, 3.8) is 0 Å². The van der Waals surface area contributed by atoms with Crippen molar-refractivity contribution in [3.05, 3.63) is 41.3 Å². The molecule has 3 heterocycles. The quantitative estimate of drug-likeness (QED) is 0.505. The lowest BCUT2D eigenvalue weighted by atomic mass is 10.2. The van der Waals surface area contributed by atoms with Crippen LogP contribution in [0.25, 0.3) is 10.9 Å². The summed E-state index contributed by atoms with van der Waals surface area (Å²) in [5.41, 5.74) is 1.16. The fourth-order valence-electron chi connectivity index (χ4n) is 2.51. The number of hydrogen-bond acceptors (Lipinski definition) is 5. The van der Waals surface area contributed by atoms with Crippen LogP contribution in [0.5, 0.6) is 5.88 Å². The topological polar surface area (TPSA) is 81.9 Å². The first-order valence-electron chi connectivity index (χ1n) is 9.13. The molecule has 1 amide bonds. The lowest BCUT2D eigenvalue weighted by molar-refractivity contribution is -0.148. The van der Waals surface area contributed by atoms with Crippen molar-refractivity contribution in [1.29, 1.82) is 0 Å². The first-order chi connectivity index (χ1) is 14.6. The number of ether oxygens (including phenoxy) is 1. The number of anilines is 1. The molecular weight excluding hydrogens is 442 g/mol. The van der Waals surface area contributed by atoms with Crippen molar-refractivity contribution in [3.8, 4) is 5.88 Å². The van der Waals surface area contributed by atoms with Gasteiger partial charge in [0.05, 0.1) is 17.4 Å². The number of hydrogen-bond donors (Lipinski definition) is 1. The fraction of sp³-hybridized carbons (Fsp3) is 0.368. The number of carbonyl (C=O) groups is 1. The van der Waals surface area contributed by atoms with Gasteiger partial charge in [-0.3, -0.25) is 9.48 Å². The summed E-state index contributed by atoms with van der Waals surface area (Å²) in [4.78, 5) is 20.0. The average molecular weight is 460 g/mol. The molecule has 3 aromatic rings. The number of rotatable bonds is 8. The van der Waals surface area contributed by atoms with Crippen LogP contribution in [0.3, 0.4) is 0 Å². The number of alkyl halides is 4. The Morgan fingerprint density at radius 3 is 2.71 bits per heavy atom. The van der Waals surface area contributed by atoms with E-state index < -0.39 is 19.0 Å². The molecule has 12 heteroatoms. The largest absolute Gasteiger partial charge is 0.470 e.